The number of hydrogen-bond acceptors (Lipinski definition) is 5. The molecule has 170 valence electrons. The summed E-state index contributed by atoms with van der Waals surface area (Å²) in [4.78, 5) is 26.1. The molecular weight excluding hydrogens is 488 g/mol. The average Bonchev–Trinajstić information content (AvgIpc) is 2.83. The molecule has 3 aromatic carbocycles. The minimum Gasteiger partial charge on any atom is -0.496 e. The van der Waals surface area contributed by atoms with E-state index in [0.29, 0.717) is 34.1 Å². The van der Waals surface area contributed by atoms with Crippen LogP contribution in [0, 0.1) is 0 Å². The first-order valence-corrected chi connectivity index (χ1v) is 10.7. The molecule has 0 saturated heterocycles. The van der Waals surface area contributed by atoms with E-state index in [4.69, 9.17) is 14.2 Å². The number of benzene rings is 3. The number of rotatable bonds is 8. The minimum absolute atomic E-state index is 0.0410. The lowest BCUT2D eigenvalue weighted by Gasteiger charge is -2.14. The van der Waals surface area contributed by atoms with Crippen molar-refractivity contribution < 1.29 is 23.8 Å². The molecule has 0 aliphatic rings. The highest BCUT2D eigenvalue weighted by Gasteiger charge is 2.17. The first-order valence-electron chi connectivity index (χ1n) is 9.90. The van der Waals surface area contributed by atoms with Gasteiger partial charge in [0.15, 0.2) is 11.5 Å². The average molecular weight is 511 g/mol. The maximum absolute atomic E-state index is 13.1. The molecule has 8 heteroatoms. The predicted molar refractivity (Wildman–Crippen MR) is 131 cm³/mol. The van der Waals surface area contributed by atoms with Crippen LogP contribution in [0.3, 0.4) is 0 Å². The van der Waals surface area contributed by atoms with Gasteiger partial charge in [-0.2, -0.15) is 0 Å². The Morgan fingerprint density at radius 3 is 2.24 bits per heavy atom. The van der Waals surface area contributed by atoms with Crippen molar-refractivity contribution in [3.05, 3.63) is 88.0 Å². The molecule has 0 heterocycles. The number of methoxy groups -OCH3 is 3. The first kappa shape index (κ1) is 23.9. The van der Waals surface area contributed by atoms with E-state index >= 15 is 0 Å². The van der Waals surface area contributed by atoms with Crippen LogP contribution >= 0.6 is 15.9 Å². The molecule has 0 aromatic heterocycles. The van der Waals surface area contributed by atoms with Crippen LogP contribution in [0.25, 0.3) is 6.08 Å². The van der Waals surface area contributed by atoms with Crippen molar-refractivity contribution in [3.8, 4) is 17.2 Å². The molecule has 2 N–H and O–H groups in total. The van der Waals surface area contributed by atoms with Crippen LogP contribution in [0.1, 0.15) is 15.9 Å². The summed E-state index contributed by atoms with van der Waals surface area (Å²) in [5.74, 6) is 0.477. The molecule has 0 bridgehead atoms. The van der Waals surface area contributed by atoms with Gasteiger partial charge >= 0.3 is 0 Å². The van der Waals surface area contributed by atoms with Crippen LogP contribution in [-0.2, 0) is 4.79 Å². The molecule has 33 heavy (non-hydrogen) atoms. The van der Waals surface area contributed by atoms with E-state index in [1.165, 1.54) is 21.3 Å². The topological polar surface area (TPSA) is 85.9 Å². The van der Waals surface area contributed by atoms with E-state index in [1.807, 2.05) is 18.2 Å². The van der Waals surface area contributed by atoms with Gasteiger partial charge in [-0.05, 0) is 48.5 Å². The smallest absolute Gasteiger partial charge is 0.272 e. The first-order chi connectivity index (χ1) is 15.9. The molecule has 0 radical (unpaired) electrons. The maximum atomic E-state index is 13.1. The molecule has 0 unspecified atom stereocenters. The molecule has 0 saturated carbocycles. The normalized spacial score (nSPS) is 10.8. The van der Waals surface area contributed by atoms with Gasteiger partial charge in [0.25, 0.3) is 11.8 Å². The van der Waals surface area contributed by atoms with Crippen molar-refractivity contribution in [1.29, 1.82) is 0 Å². The lowest BCUT2D eigenvalue weighted by Crippen LogP contribution is -2.30. The van der Waals surface area contributed by atoms with Crippen molar-refractivity contribution >= 4 is 39.5 Å². The number of amides is 2. The molecule has 0 fully saturated rings. The van der Waals surface area contributed by atoms with Gasteiger partial charge in [0.2, 0.25) is 0 Å². The highest BCUT2D eigenvalue weighted by Crippen LogP contribution is 2.28. The third-order valence-corrected chi connectivity index (χ3v) is 5.15. The van der Waals surface area contributed by atoms with Gasteiger partial charge in [0, 0.05) is 21.3 Å². The molecule has 0 aliphatic carbocycles. The van der Waals surface area contributed by atoms with Crippen LogP contribution in [-0.4, -0.2) is 33.1 Å². The fourth-order valence-electron chi connectivity index (χ4n) is 3.04. The summed E-state index contributed by atoms with van der Waals surface area (Å²) >= 11 is 3.38. The van der Waals surface area contributed by atoms with Gasteiger partial charge in [-0.1, -0.05) is 40.2 Å². The summed E-state index contributed by atoms with van der Waals surface area (Å²) in [5.41, 5.74) is 1.54. The Bertz CT molecular complexity index is 1190. The van der Waals surface area contributed by atoms with Crippen molar-refractivity contribution in [2.45, 2.75) is 0 Å². The van der Waals surface area contributed by atoms with Crippen molar-refractivity contribution in [2.24, 2.45) is 0 Å². The van der Waals surface area contributed by atoms with Crippen LogP contribution in [0.5, 0.6) is 17.2 Å². The summed E-state index contributed by atoms with van der Waals surface area (Å²) in [6.45, 7) is 0. The van der Waals surface area contributed by atoms with Gasteiger partial charge in [0.1, 0.15) is 11.4 Å². The van der Waals surface area contributed by atoms with E-state index in [1.54, 1.807) is 54.6 Å². The third-order valence-electron chi connectivity index (χ3n) is 4.66. The van der Waals surface area contributed by atoms with E-state index < -0.39 is 11.8 Å². The summed E-state index contributed by atoms with van der Waals surface area (Å²) < 4.78 is 16.7. The fraction of sp³-hybridized carbons (Fsp3) is 0.120. The molecule has 0 atom stereocenters. The second kappa shape index (κ2) is 11.2. The molecule has 2 amide bonds. The zero-order chi connectivity index (χ0) is 23.8. The number of carbonyl (C=O) groups is 2. The number of nitrogens with one attached hydrogen (secondary N) is 2. The van der Waals surface area contributed by atoms with Gasteiger partial charge in [-0.25, -0.2) is 0 Å². The van der Waals surface area contributed by atoms with E-state index in [-0.39, 0.29) is 5.70 Å². The molecule has 0 spiro atoms. The van der Waals surface area contributed by atoms with Gasteiger partial charge in [0.05, 0.1) is 21.3 Å². The Balaban J connectivity index is 1.95. The lowest BCUT2D eigenvalue weighted by atomic mass is 10.1. The Kier molecular flexibility index (Phi) is 8.10. The van der Waals surface area contributed by atoms with Gasteiger partial charge in [-0.15, -0.1) is 0 Å². The standard InChI is InChI=1S/C25H23BrN2O5/c1-31-21-10-5-4-7-16(21)13-20(25(30)27-19-9-6-8-18(26)15-19)28-24(29)17-11-12-22(32-2)23(14-17)33-3/h4-15H,1-3H3,(H,27,30)(H,28,29). The molecule has 3 aromatic rings. The SMILES string of the molecule is COc1ccccc1C=C(NC(=O)c1ccc(OC)c(OC)c1)C(=O)Nc1cccc(Br)c1. The van der Waals surface area contributed by atoms with Crippen LogP contribution < -0.4 is 24.8 Å². The molecule has 3 rings (SSSR count). The number of halogens is 1. The van der Waals surface area contributed by atoms with Crippen LogP contribution in [0.15, 0.2) is 76.9 Å². The van der Waals surface area contributed by atoms with Crippen LogP contribution in [0.2, 0.25) is 0 Å². The lowest BCUT2D eigenvalue weighted by molar-refractivity contribution is -0.113. The van der Waals surface area contributed by atoms with Crippen LogP contribution in [0.4, 0.5) is 5.69 Å². The van der Waals surface area contributed by atoms with E-state index in [0.717, 1.165) is 4.47 Å². The second-order valence-electron chi connectivity index (χ2n) is 6.79. The molecular formula is C25H23BrN2O5. The minimum atomic E-state index is -0.493. The summed E-state index contributed by atoms with van der Waals surface area (Å²) in [6.07, 6.45) is 1.56. The number of ether oxygens (including phenoxy) is 3. The Morgan fingerprint density at radius 2 is 1.55 bits per heavy atom. The fourth-order valence-corrected chi connectivity index (χ4v) is 3.44. The zero-order valence-corrected chi connectivity index (χ0v) is 19.9. The van der Waals surface area contributed by atoms with Crippen molar-refractivity contribution in [2.75, 3.05) is 26.6 Å². The highest BCUT2D eigenvalue weighted by molar-refractivity contribution is 9.10. The highest BCUT2D eigenvalue weighted by atomic mass is 79.9. The number of carbonyl (C=O) groups excluding carboxylic acids is 2. The number of para-hydroxylation sites is 1. The molecule has 7 nitrogen and oxygen atoms in total. The van der Waals surface area contributed by atoms with E-state index in [2.05, 4.69) is 26.6 Å². The predicted octanol–water partition coefficient (Wildman–Crippen LogP) is 4.88. The largest absolute Gasteiger partial charge is 0.496 e. The Morgan fingerprint density at radius 1 is 0.818 bits per heavy atom. The van der Waals surface area contributed by atoms with Gasteiger partial charge < -0.3 is 24.8 Å². The van der Waals surface area contributed by atoms with Gasteiger partial charge in [-0.3, -0.25) is 9.59 Å². The zero-order valence-electron chi connectivity index (χ0n) is 18.3. The second-order valence-corrected chi connectivity index (χ2v) is 7.70. The maximum Gasteiger partial charge on any atom is 0.272 e. The quantitative estimate of drug-likeness (QED) is 0.421. The number of hydrogen-bond donors (Lipinski definition) is 2. The monoisotopic (exact) mass is 510 g/mol. The Labute approximate surface area is 200 Å². The third kappa shape index (κ3) is 6.14. The van der Waals surface area contributed by atoms with Crippen molar-refractivity contribution in [3.63, 3.8) is 0 Å². The summed E-state index contributed by atoms with van der Waals surface area (Å²) in [6, 6.07) is 19.1. The molecule has 0 aliphatic heterocycles. The van der Waals surface area contributed by atoms with Crippen molar-refractivity contribution in [1.82, 2.24) is 5.32 Å². The number of anilines is 1. The summed E-state index contributed by atoms with van der Waals surface area (Å²) in [5, 5.41) is 5.50. The van der Waals surface area contributed by atoms with E-state index in [9.17, 15) is 9.59 Å². The summed E-state index contributed by atoms with van der Waals surface area (Å²) in [7, 11) is 4.53. The Hall–Kier alpha value is -3.78.